The Kier molecular flexibility index (Phi) is 8.58. The predicted molar refractivity (Wildman–Crippen MR) is 140 cm³/mol. The summed E-state index contributed by atoms with van der Waals surface area (Å²) in [6.45, 7) is 6.15. The van der Waals surface area contributed by atoms with Crippen molar-refractivity contribution in [3.05, 3.63) is 84.4 Å². The smallest absolute Gasteiger partial charge is 0.264 e. The first-order valence-electron chi connectivity index (χ1n) is 12.0. The van der Waals surface area contributed by atoms with Crippen molar-refractivity contribution in [3.63, 3.8) is 0 Å². The van der Waals surface area contributed by atoms with Crippen molar-refractivity contribution in [1.82, 2.24) is 4.90 Å². The first-order valence-corrected chi connectivity index (χ1v) is 13.4. The van der Waals surface area contributed by atoms with Crippen molar-refractivity contribution in [1.29, 1.82) is 0 Å². The number of anilines is 2. The molecule has 1 aliphatic heterocycles. The molecule has 0 atom stereocenters. The largest absolute Gasteiger partial charge is 0.494 e. The highest BCUT2D eigenvalue weighted by atomic mass is 32.2. The highest BCUT2D eigenvalue weighted by molar-refractivity contribution is 7.92. The van der Waals surface area contributed by atoms with Crippen molar-refractivity contribution >= 4 is 27.3 Å². The molecule has 0 aromatic heterocycles. The summed E-state index contributed by atoms with van der Waals surface area (Å²) in [5.41, 5.74) is 1.61. The van der Waals surface area contributed by atoms with Crippen LogP contribution >= 0.6 is 0 Å². The van der Waals surface area contributed by atoms with Crippen LogP contribution in [-0.4, -0.2) is 65.2 Å². The summed E-state index contributed by atoms with van der Waals surface area (Å²) in [7, 11) is -3.86. The van der Waals surface area contributed by atoms with E-state index in [1.54, 1.807) is 60.7 Å². The van der Waals surface area contributed by atoms with Crippen molar-refractivity contribution in [2.75, 3.05) is 55.6 Å². The monoisotopic (exact) mass is 509 g/mol. The van der Waals surface area contributed by atoms with Crippen LogP contribution in [0.3, 0.4) is 0 Å². The van der Waals surface area contributed by atoms with E-state index in [0.717, 1.165) is 13.1 Å². The number of rotatable bonds is 10. The van der Waals surface area contributed by atoms with Crippen LogP contribution in [-0.2, 0) is 14.8 Å². The number of hydrogen-bond donors (Lipinski definition) is 1. The van der Waals surface area contributed by atoms with Crippen LogP contribution in [0.15, 0.2) is 83.8 Å². The number of benzene rings is 3. The summed E-state index contributed by atoms with van der Waals surface area (Å²) in [6, 6.07) is 22.2. The molecule has 1 amide bonds. The van der Waals surface area contributed by atoms with Gasteiger partial charge >= 0.3 is 0 Å². The molecule has 1 N–H and O–H groups in total. The third-order valence-electron chi connectivity index (χ3n) is 5.89. The van der Waals surface area contributed by atoms with E-state index in [0.29, 0.717) is 55.6 Å². The molecule has 0 radical (unpaired) electrons. The Morgan fingerprint density at radius 1 is 0.972 bits per heavy atom. The average Bonchev–Trinajstić information content (AvgIpc) is 2.91. The molecule has 0 spiro atoms. The van der Waals surface area contributed by atoms with Crippen molar-refractivity contribution in [2.45, 2.75) is 11.8 Å². The van der Waals surface area contributed by atoms with Gasteiger partial charge in [-0.05, 0) is 67.6 Å². The molecule has 190 valence electrons. The van der Waals surface area contributed by atoms with Gasteiger partial charge in [0, 0.05) is 37.4 Å². The second kappa shape index (κ2) is 12.0. The number of hydrogen-bond acceptors (Lipinski definition) is 6. The summed E-state index contributed by atoms with van der Waals surface area (Å²) in [5.74, 6) is 0.429. The quantitative estimate of drug-likeness (QED) is 0.447. The zero-order valence-electron chi connectivity index (χ0n) is 20.3. The predicted octanol–water partition coefficient (Wildman–Crippen LogP) is 3.87. The molecule has 0 unspecified atom stereocenters. The number of nitrogens with one attached hydrogen (secondary N) is 1. The van der Waals surface area contributed by atoms with Gasteiger partial charge in [-0.3, -0.25) is 14.0 Å². The zero-order valence-corrected chi connectivity index (χ0v) is 21.1. The van der Waals surface area contributed by atoms with Gasteiger partial charge in [-0.25, -0.2) is 8.42 Å². The first-order chi connectivity index (χ1) is 17.5. The fourth-order valence-electron chi connectivity index (χ4n) is 3.95. The van der Waals surface area contributed by atoms with E-state index < -0.39 is 10.0 Å². The van der Waals surface area contributed by atoms with Crippen LogP contribution in [0.2, 0.25) is 0 Å². The van der Waals surface area contributed by atoms with Gasteiger partial charge in [0.05, 0.1) is 30.4 Å². The van der Waals surface area contributed by atoms with E-state index in [-0.39, 0.29) is 10.8 Å². The van der Waals surface area contributed by atoms with Crippen LogP contribution in [0, 0.1) is 0 Å². The number of carbonyl (C=O) groups is 1. The molecule has 8 nitrogen and oxygen atoms in total. The maximum atomic E-state index is 13.7. The molecule has 0 saturated carbocycles. The molecule has 1 heterocycles. The molecule has 0 aliphatic carbocycles. The molecule has 1 fully saturated rings. The minimum atomic E-state index is -3.86. The van der Waals surface area contributed by atoms with Crippen LogP contribution in [0.25, 0.3) is 0 Å². The van der Waals surface area contributed by atoms with Crippen molar-refractivity contribution < 1.29 is 22.7 Å². The second-order valence-electron chi connectivity index (χ2n) is 8.30. The lowest BCUT2D eigenvalue weighted by molar-refractivity contribution is 0.0395. The molecular weight excluding hydrogens is 478 g/mol. The molecule has 9 heteroatoms. The second-order valence-corrected chi connectivity index (χ2v) is 10.2. The van der Waals surface area contributed by atoms with Gasteiger partial charge in [-0.1, -0.05) is 18.2 Å². The SMILES string of the molecule is CCOc1ccc(N(CCN2CCOCC2)S(=O)(=O)c2ccc(NC(=O)c3ccccc3)cc2)cc1. The Morgan fingerprint density at radius 3 is 2.28 bits per heavy atom. The topological polar surface area (TPSA) is 88.2 Å². The van der Waals surface area contributed by atoms with Crippen LogP contribution in [0.4, 0.5) is 11.4 Å². The third kappa shape index (κ3) is 6.42. The van der Waals surface area contributed by atoms with Gasteiger partial charge in [0.1, 0.15) is 5.75 Å². The van der Waals surface area contributed by atoms with E-state index in [9.17, 15) is 13.2 Å². The summed E-state index contributed by atoms with van der Waals surface area (Å²) >= 11 is 0. The van der Waals surface area contributed by atoms with Crippen molar-refractivity contribution in [3.8, 4) is 5.75 Å². The summed E-state index contributed by atoms with van der Waals surface area (Å²) in [4.78, 5) is 14.8. The van der Waals surface area contributed by atoms with Gasteiger partial charge < -0.3 is 14.8 Å². The molecule has 3 aromatic rings. The Balaban J connectivity index is 1.54. The van der Waals surface area contributed by atoms with E-state index in [1.165, 1.54) is 16.4 Å². The standard InChI is InChI=1S/C27H31N3O5S/c1-2-35-25-12-10-24(11-13-25)30(17-16-29-18-20-34-21-19-29)36(32,33)26-14-8-23(9-15-26)28-27(31)22-6-4-3-5-7-22/h3-15H,2,16-21H2,1H3,(H,28,31). The minimum absolute atomic E-state index is 0.149. The van der Waals surface area contributed by atoms with Crippen molar-refractivity contribution in [2.24, 2.45) is 0 Å². The van der Waals surface area contributed by atoms with Crippen LogP contribution in [0.5, 0.6) is 5.75 Å². The van der Waals surface area contributed by atoms with Gasteiger partial charge in [0.2, 0.25) is 0 Å². The van der Waals surface area contributed by atoms with E-state index in [4.69, 9.17) is 9.47 Å². The van der Waals surface area contributed by atoms with Gasteiger partial charge in [0.25, 0.3) is 15.9 Å². The number of carbonyl (C=O) groups excluding carboxylic acids is 1. The Hall–Kier alpha value is -3.40. The normalized spacial score (nSPS) is 14.2. The highest BCUT2D eigenvalue weighted by Gasteiger charge is 2.26. The lowest BCUT2D eigenvalue weighted by Gasteiger charge is -2.30. The fraction of sp³-hybridized carbons (Fsp3) is 0.296. The van der Waals surface area contributed by atoms with Gasteiger partial charge in [-0.15, -0.1) is 0 Å². The highest BCUT2D eigenvalue weighted by Crippen LogP contribution is 2.27. The Labute approximate surface area is 212 Å². The maximum Gasteiger partial charge on any atom is 0.264 e. The summed E-state index contributed by atoms with van der Waals surface area (Å²) < 4.78 is 39.8. The van der Waals surface area contributed by atoms with Gasteiger partial charge in [-0.2, -0.15) is 0 Å². The molecule has 0 bridgehead atoms. The number of nitrogens with zero attached hydrogens (tertiary/aromatic N) is 2. The van der Waals surface area contributed by atoms with Crippen LogP contribution < -0.4 is 14.4 Å². The minimum Gasteiger partial charge on any atom is -0.494 e. The molecule has 3 aromatic carbocycles. The van der Waals surface area contributed by atoms with Crippen LogP contribution in [0.1, 0.15) is 17.3 Å². The first kappa shape index (κ1) is 25.7. The number of amides is 1. The molecule has 36 heavy (non-hydrogen) atoms. The number of ether oxygens (including phenoxy) is 2. The molecule has 1 saturated heterocycles. The summed E-state index contributed by atoms with van der Waals surface area (Å²) in [6.07, 6.45) is 0. The fourth-order valence-corrected chi connectivity index (χ4v) is 5.41. The molecular formula is C27H31N3O5S. The zero-order chi connectivity index (χ0) is 25.4. The summed E-state index contributed by atoms with van der Waals surface area (Å²) in [5, 5.41) is 2.80. The van der Waals surface area contributed by atoms with E-state index in [1.807, 2.05) is 13.0 Å². The Bertz CT molecular complexity index is 1230. The number of morpholine rings is 1. The Morgan fingerprint density at radius 2 is 1.64 bits per heavy atom. The lowest BCUT2D eigenvalue weighted by Crippen LogP contribution is -2.43. The van der Waals surface area contributed by atoms with E-state index in [2.05, 4.69) is 10.2 Å². The molecule has 4 rings (SSSR count). The maximum absolute atomic E-state index is 13.7. The number of sulfonamides is 1. The van der Waals surface area contributed by atoms with E-state index >= 15 is 0 Å². The van der Waals surface area contributed by atoms with Gasteiger partial charge in [0.15, 0.2) is 0 Å². The molecule has 1 aliphatic rings. The third-order valence-corrected chi connectivity index (χ3v) is 7.74. The lowest BCUT2D eigenvalue weighted by atomic mass is 10.2. The average molecular weight is 510 g/mol.